The minimum atomic E-state index is -0.351. The molecule has 0 aliphatic carbocycles. The van der Waals surface area contributed by atoms with Crippen LogP contribution in [-0.2, 0) is 0 Å². The Morgan fingerprint density at radius 1 is 1.26 bits per heavy atom. The van der Waals surface area contributed by atoms with Gasteiger partial charge in [0.2, 0.25) is 0 Å². The van der Waals surface area contributed by atoms with E-state index in [2.05, 4.69) is 5.32 Å². The first-order valence-electron chi connectivity index (χ1n) is 5.64. The Morgan fingerprint density at radius 2 is 2.00 bits per heavy atom. The summed E-state index contributed by atoms with van der Waals surface area (Å²) in [4.78, 5) is 12.0. The van der Waals surface area contributed by atoms with Crippen LogP contribution in [0.5, 0.6) is 11.5 Å². The fraction of sp³-hybridized carbons (Fsp3) is 0.0714. The average Bonchev–Trinajstić information content (AvgIpc) is 2.41. The van der Waals surface area contributed by atoms with E-state index in [-0.39, 0.29) is 11.7 Å². The standard InChI is InChI=1S/C14H14N2O3/c1-19-13-7-6-9(8-10(13)15)14(18)16-11-4-2-3-5-12(11)17/h2-8,17H,15H2,1H3,(H,16,18). The smallest absolute Gasteiger partial charge is 0.255 e. The summed E-state index contributed by atoms with van der Waals surface area (Å²) in [6, 6.07) is 11.2. The summed E-state index contributed by atoms with van der Waals surface area (Å²) in [6.07, 6.45) is 0. The van der Waals surface area contributed by atoms with Gasteiger partial charge < -0.3 is 20.9 Å². The molecule has 0 heterocycles. The van der Waals surface area contributed by atoms with Crippen LogP contribution >= 0.6 is 0 Å². The largest absolute Gasteiger partial charge is 0.506 e. The van der Waals surface area contributed by atoms with E-state index in [1.54, 1.807) is 30.3 Å². The monoisotopic (exact) mass is 258 g/mol. The molecule has 0 aliphatic rings. The molecule has 0 aromatic heterocycles. The van der Waals surface area contributed by atoms with Crippen LogP contribution in [0, 0.1) is 0 Å². The van der Waals surface area contributed by atoms with Crippen molar-refractivity contribution in [3.8, 4) is 11.5 Å². The van der Waals surface area contributed by atoms with Crippen molar-refractivity contribution in [3.63, 3.8) is 0 Å². The number of phenolic OH excluding ortho intramolecular Hbond substituents is 1. The van der Waals surface area contributed by atoms with Crippen LogP contribution in [-0.4, -0.2) is 18.1 Å². The number of anilines is 2. The Bertz CT molecular complexity index is 611. The Balaban J connectivity index is 2.21. The minimum absolute atomic E-state index is 0.0114. The van der Waals surface area contributed by atoms with Crippen LogP contribution in [0.3, 0.4) is 0 Å². The molecule has 0 aliphatic heterocycles. The molecule has 98 valence electrons. The number of carbonyl (C=O) groups excluding carboxylic acids is 1. The van der Waals surface area contributed by atoms with E-state index in [4.69, 9.17) is 10.5 Å². The highest BCUT2D eigenvalue weighted by Crippen LogP contribution is 2.25. The van der Waals surface area contributed by atoms with Crippen molar-refractivity contribution in [1.29, 1.82) is 0 Å². The normalized spacial score (nSPS) is 9.95. The number of carbonyl (C=O) groups is 1. The molecule has 2 aromatic carbocycles. The molecule has 0 unspecified atom stereocenters. The number of amides is 1. The van der Waals surface area contributed by atoms with Gasteiger partial charge in [-0.1, -0.05) is 12.1 Å². The molecule has 5 nitrogen and oxygen atoms in total. The molecule has 0 bridgehead atoms. The van der Waals surface area contributed by atoms with Gasteiger partial charge in [-0.25, -0.2) is 0 Å². The summed E-state index contributed by atoms with van der Waals surface area (Å²) in [5, 5.41) is 12.2. The summed E-state index contributed by atoms with van der Waals surface area (Å²) in [5.74, 6) is 0.173. The number of nitrogens with one attached hydrogen (secondary N) is 1. The van der Waals surface area contributed by atoms with Crippen molar-refractivity contribution < 1.29 is 14.6 Å². The highest BCUT2D eigenvalue weighted by molar-refractivity contribution is 6.05. The van der Waals surface area contributed by atoms with E-state index in [9.17, 15) is 9.90 Å². The minimum Gasteiger partial charge on any atom is -0.506 e. The number of benzene rings is 2. The van der Waals surface area contributed by atoms with Gasteiger partial charge in [-0.3, -0.25) is 4.79 Å². The first-order chi connectivity index (χ1) is 9.11. The maximum absolute atomic E-state index is 12.0. The Morgan fingerprint density at radius 3 is 2.63 bits per heavy atom. The molecule has 1 amide bonds. The van der Waals surface area contributed by atoms with Crippen LogP contribution in [0.15, 0.2) is 42.5 Å². The third kappa shape index (κ3) is 2.77. The summed E-state index contributed by atoms with van der Waals surface area (Å²) in [6.45, 7) is 0. The van der Waals surface area contributed by atoms with Crippen LogP contribution in [0.2, 0.25) is 0 Å². The molecule has 0 radical (unpaired) electrons. The Hall–Kier alpha value is -2.69. The number of phenols is 1. The highest BCUT2D eigenvalue weighted by atomic mass is 16.5. The maximum Gasteiger partial charge on any atom is 0.255 e. The van der Waals surface area contributed by atoms with Crippen molar-refractivity contribution in [1.82, 2.24) is 0 Å². The van der Waals surface area contributed by atoms with Gasteiger partial charge in [-0.05, 0) is 30.3 Å². The lowest BCUT2D eigenvalue weighted by Gasteiger charge is -2.09. The lowest BCUT2D eigenvalue weighted by Crippen LogP contribution is -2.12. The zero-order valence-electron chi connectivity index (χ0n) is 10.4. The van der Waals surface area contributed by atoms with Gasteiger partial charge >= 0.3 is 0 Å². The zero-order valence-corrected chi connectivity index (χ0v) is 10.4. The first kappa shape index (κ1) is 12.8. The summed E-state index contributed by atoms with van der Waals surface area (Å²) >= 11 is 0. The van der Waals surface area contributed by atoms with Crippen LogP contribution in [0.4, 0.5) is 11.4 Å². The van der Waals surface area contributed by atoms with Crippen molar-refractivity contribution in [2.24, 2.45) is 0 Å². The average molecular weight is 258 g/mol. The van der Waals surface area contributed by atoms with Crippen molar-refractivity contribution in [2.45, 2.75) is 0 Å². The predicted molar refractivity (Wildman–Crippen MR) is 73.5 cm³/mol. The van der Waals surface area contributed by atoms with E-state index in [0.29, 0.717) is 22.7 Å². The Kier molecular flexibility index (Phi) is 3.56. The molecule has 2 aromatic rings. The number of rotatable bonds is 3. The second-order valence-corrected chi connectivity index (χ2v) is 3.93. The number of ether oxygens (including phenoxy) is 1. The summed E-state index contributed by atoms with van der Waals surface area (Å²) < 4.78 is 5.02. The third-order valence-electron chi connectivity index (χ3n) is 2.64. The Labute approximate surface area is 110 Å². The van der Waals surface area contributed by atoms with E-state index < -0.39 is 0 Å². The fourth-order valence-electron chi connectivity index (χ4n) is 1.65. The van der Waals surface area contributed by atoms with Gasteiger partial charge in [0.15, 0.2) is 0 Å². The molecule has 19 heavy (non-hydrogen) atoms. The van der Waals surface area contributed by atoms with Crippen LogP contribution in [0.25, 0.3) is 0 Å². The molecule has 4 N–H and O–H groups in total. The number of methoxy groups -OCH3 is 1. The molecule has 0 saturated carbocycles. The molecule has 0 atom stereocenters. The number of para-hydroxylation sites is 2. The summed E-state index contributed by atoms with van der Waals surface area (Å²) in [7, 11) is 1.51. The van der Waals surface area contributed by atoms with E-state index in [0.717, 1.165) is 0 Å². The van der Waals surface area contributed by atoms with E-state index in [1.807, 2.05) is 0 Å². The summed E-state index contributed by atoms with van der Waals surface area (Å²) in [5.41, 5.74) is 6.86. The maximum atomic E-state index is 12.0. The van der Waals surface area contributed by atoms with E-state index in [1.165, 1.54) is 19.2 Å². The lowest BCUT2D eigenvalue weighted by molar-refractivity contribution is 0.102. The molecule has 5 heteroatoms. The van der Waals surface area contributed by atoms with Crippen LogP contribution in [0.1, 0.15) is 10.4 Å². The van der Waals surface area contributed by atoms with Gasteiger partial charge in [-0.15, -0.1) is 0 Å². The number of aromatic hydroxyl groups is 1. The second-order valence-electron chi connectivity index (χ2n) is 3.93. The second kappa shape index (κ2) is 5.30. The number of nitrogens with two attached hydrogens (primary N) is 1. The van der Waals surface area contributed by atoms with Crippen molar-refractivity contribution >= 4 is 17.3 Å². The van der Waals surface area contributed by atoms with Gasteiger partial charge in [-0.2, -0.15) is 0 Å². The molecule has 0 fully saturated rings. The van der Waals surface area contributed by atoms with Gasteiger partial charge in [0, 0.05) is 5.56 Å². The number of hydrogen-bond donors (Lipinski definition) is 3. The van der Waals surface area contributed by atoms with Crippen molar-refractivity contribution in [2.75, 3.05) is 18.2 Å². The molecular weight excluding hydrogens is 244 g/mol. The molecular formula is C14H14N2O3. The zero-order chi connectivity index (χ0) is 13.8. The molecule has 0 saturated heterocycles. The third-order valence-corrected chi connectivity index (χ3v) is 2.64. The van der Waals surface area contributed by atoms with Gasteiger partial charge in [0.05, 0.1) is 18.5 Å². The fourth-order valence-corrected chi connectivity index (χ4v) is 1.65. The predicted octanol–water partition coefficient (Wildman–Crippen LogP) is 2.24. The first-order valence-corrected chi connectivity index (χ1v) is 5.64. The van der Waals surface area contributed by atoms with Gasteiger partial charge in [0.25, 0.3) is 5.91 Å². The van der Waals surface area contributed by atoms with Crippen LogP contribution < -0.4 is 15.8 Å². The topological polar surface area (TPSA) is 84.6 Å². The quantitative estimate of drug-likeness (QED) is 0.582. The lowest BCUT2D eigenvalue weighted by atomic mass is 10.1. The molecule has 0 spiro atoms. The number of hydrogen-bond acceptors (Lipinski definition) is 4. The molecule has 2 rings (SSSR count). The van der Waals surface area contributed by atoms with Crippen molar-refractivity contribution in [3.05, 3.63) is 48.0 Å². The van der Waals surface area contributed by atoms with Gasteiger partial charge in [0.1, 0.15) is 11.5 Å². The SMILES string of the molecule is COc1ccc(C(=O)Nc2ccccc2O)cc1N. The highest BCUT2D eigenvalue weighted by Gasteiger charge is 2.10. The van der Waals surface area contributed by atoms with E-state index >= 15 is 0 Å². The number of nitrogen functional groups attached to an aromatic ring is 1.